The van der Waals surface area contributed by atoms with Crippen molar-refractivity contribution in [2.45, 2.75) is 78.0 Å². The second kappa shape index (κ2) is 11.0. The molecule has 0 saturated carbocycles. The maximum atomic E-state index is 12.8. The lowest BCUT2D eigenvalue weighted by atomic mass is 9.91. The zero-order valence-electron chi connectivity index (χ0n) is 18.3. The highest BCUT2D eigenvalue weighted by atomic mass is 16.6. The van der Waals surface area contributed by atoms with Crippen LogP contribution in [0.1, 0.15) is 60.3 Å². The molecule has 0 radical (unpaired) electrons. The fourth-order valence-electron chi connectivity index (χ4n) is 3.13. The van der Waals surface area contributed by atoms with Gasteiger partial charge in [0.25, 0.3) is 0 Å². The van der Waals surface area contributed by atoms with Crippen molar-refractivity contribution >= 4 is 23.9 Å². The smallest absolute Gasteiger partial charge is 0.408 e. The van der Waals surface area contributed by atoms with Crippen molar-refractivity contribution in [3.63, 3.8) is 0 Å². The molecule has 9 heteroatoms. The van der Waals surface area contributed by atoms with Crippen molar-refractivity contribution in [1.82, 2.24) is 16.0 Å². The van der Waals surface area contributed by atoms with Gasteiger partial charge < -0.3 is 25.4 Å². The van der Waals surface area contributed by atoms with Crippen LogP contribution in [0.3, 0.4) is 0 Å². The lowest BCUT2D eigenvalue weighted by molar-refractivity contribution is -0.146. The molecular weight excluding hydrogens is 378 g/mol. The normalized spacial score (nSPS) is 19.0. The Morgan fingerprint density at radius 2 is 1.83 bits per heavy atom. The Morgan fingerprint density at radius 1 is 1.17 bits per heavy atom. The van der Waals surface area contributed by atoms with Crippen LogP contribution in [0.4, 0.5) is 4.79 Å². The van der Waals surface area contributed by atoms with E-state index in [9.17, 15) is 19.2 Å². The summed E-state index contributed by atoms with van der Waals surface area (Å²) < 4.78 is 10.0. The van der Waals surface area contributed by atoms with Crippen molar-refractivity contribution in [2.75, 3.05) is 13.7 Å². The van der Waals surface area contributed by atoms with Crippen LogP contribution >= 0.6 is 0 Å². The Labute approximate surface area is 172 Å². The highest BCUT2D eigenvalue weighted by Crippen LogP contribution is 2.18. The van der Waals surface area contributed by atoms with Gasteiger partial charge in [0.1, 0.15) is 17.7 Å². The number of nitrogens with one attached hydrogen (secondary N) is 3. The van der Waals surface area contributed by atoms with Crippen LogP contribution in [0.2, 0.25) is 0 Å². The first kappa shape index (κ1) is 24.7. The molecule has 1 rings (SSSR count). The predicted octanol–water partition coefficient (Wildman–Crippen LogP) is 1.50. The molecular formula is C20H35N3O6. The molecule has 0 aromatic carbocycles. The minimum absolute atomic E-state index is 0.112. The van der Waals surface area contributed by atoms with Crippen LogP contribution in [0.5, 0.6) is 0 Å². The molecule has 166 valence electrons. The average Bonchev–Trinajstić information content (AvgIpc) is 2.59. The second-order valence-electron chi connectivity index (χ2n) is 8.78. The number of amides is 3. The first-order valence-electron chi connectivity index (χ1n) is 10.1. The van der Waals surface area contributed by atoms with Crippen molar-refractivity contribution in [1.29, 1.82) is 0 Å². The molecule has 0 aromatic rings. The Bertz CT molecular complexity index is 600. The quantitative estimate of drug-likeness (QED) is 0.518. The molecule has 1 aliphatic heterocycles. The largest absolute Gasteiger partial charge is 0.467 e. The topological polar surface area (TPSA) is 123 Å². The van der Waals surface area contributed by atoms with Crippen LogP contribution in [0.25, 0.3) is 0 Å². The van der Waals surface area contributed by atoms with Crippen LogP contribution in [-0.2, 0) is 23.9 Å². The molecule has 3 amide bonds. The van der Waals surface area contributed by atoms with Crippen molar-refractivity contribution in [3.05, 3.63) is 0 Å². The monoisotopic (exact) mass is 413 g/mol. The van der Waals surface area contributed by atoms with Crippen LogP contribution in [-0.4, -0.2) is 55.2 Å². The van der Waals surface area contributed by atoms with Gasteiger partial charge in [0, 0.05) is 12.5 Å². The molecule has 3 atom stereocenters. The van der Waals surface area contributed by atoms with E-state index in [1.165, 1.54) is 7.11 Å². The second-order valence-corrected chi connectivity index (χ2v) is 8.78. The number of esters is 1. The zero-order valence-corrected chi connectivity index (χ0v) is 18.3. The Morgan fingerprint density at radius 3 is 2.34 bits per heavy atom. The molecule has 1 saturated heterocycles. The zero-order chi connectivity index (χ0) is 22.2. The van der Waals surface area contributed by atoms with Crippen LogP contribution < -0.4 is 16.0 Å². The van der Waals surface area contributed by atoms with Gasteiger partial charge in [-0.05, 0) is 52.4 Å². The standard InChI is InChI=1S/C20H35N3O6/c1-12(2)10-14(23-19(27)29-20(3,4)5)17(25)22-15(18(26)28-6)11-13-8-7-9-21-16(13)24/h12-15H,7-11H2,1-6H3,(H,21,24)(H,22,25)(H,23,27)/t13-,14?,15-/m0/s1. The number of alkyl carbamates (subject to hydrolysis) is 1. The summed E-state index contributed by atoms with van der Waals surface area (Å²) >= 11 is 0. The molecule has 1 unspecified atom stereocenters. The van der Waals surface area contributed by atoms with E-state index >= 15 is 0 Å². The third-order valence-electron chi connectivity index (χ3n) is 4.44. The van der Waals surface area contributed by atoms with Gasteiger partial charge in [-0.25, -0.2) is 9.59 Å². The molecule has 29 heavy (non-hydrogen) atoms. The Hall–Kier alpha value is -2.32. The van der Waals surface area contributed by atoms with Crippen molar-refractivity contribution in [2.24, 2.45) is 11.8 Å². The highest BCUT2D eigenvalue weighted by molar-refractivity contribution is 5.90. The summed E-state index contributed by atoms with van der Waals surface area (Å²) in [5, 5.41) is 7.99. The van der Waals surface area contributed by atoms with Gasteiger partial charge in [-0.3, -0.25) is 9.59 Å². The molecule has 3 N–H and O–H groups in total. The lowest BCUT2D eigenvalue weighted by Crippen LogP contribution is -2.54. The summed E-state index contributed by atoms with van der Waals surface area (Å²) in [7, 11) is 1.23. The maximum absolute atomic E-state index is 12.8. The summed E-state index contributed by atoms with van der Waals surface area (Å²) in [5.41, 5.74) is -0.703. The van der Waals surface area contributed by atoms with E-state index in [-0.39, 0.29) is 24.2 Å². The van der Waals surface area contributed by atoms with Gasteiger partial charge in [-0.2, -0.15) is 0 Å². The van der Waals surface area contributed by atoms with Gasteiger partial charge in [-0.1, -0.05) is 13.8 Å². The van der Waals surface area contributed by atoms with Gasteiger partial charge in [-0.15, -0.1) is 0 Å². The van der Waals surface area contributed by atoms with Gasteiger partial charge in [0.15, 0.2) is 0 Å². The van der Waals surface area contributed by atoms with Crippen LogP contribution in [0.15, 0.2) is 0 Å². The first-order chi connectivity index (χ1) is 13.4. The predicted molar refractivity (Wildman–Crippen MR) is 107 cm³/mol. The maximum Gasteiger partial charge on any atom is 0.408 e. The first-order valence-corrected chi connectivity index (χ1v) is 10.1. The van der Waals surface area contributed by atoms with E-state index in [2.05, 4.69) is 16.0 Å². The number of rotatable bonds is 8. The van der Waals surface area contributed by atoms with Gasteiger partial charge in [0.05, 0.1) is 7.11 Å². The van der Waals surface area contributed by atoms with Crippen LogP contribution in [0, 0.1) is 11.8 Å². The molecule has 0 aromatic heterocycles. The number of carbonyl (C=O) groups excluding carboxylic acids is 4. The SMILES string of the molecule is COC(=O)[C@H](C[C@@H]1CCCNC1=O)NC(=O)C(CC(C)C)NC(=O)OC(C)(C)C. The molecule has 0 spiro atoms. The fourth-order valence-corrected chi connectivity index (χ4v) is 3.13. The molecule has 0 bridgehead atoms. The van der Waals surface area contributed by atoms with Gasteiger partial charge in [0.2, 0.25) is 11.8 Å². The van der Waals surface area contributed by atoms with E-state index in [0.717, 1.165) is 6.42 Å². The van der Waals surface area contributed by atoms with Gasteiger partial charge >= 0.3 is 12.1 Å². The Balaban J connectivity index is 2.86. The minimum Gasteiger partial charge on any atom is -0.467 e. The summed E-state index contributed by atoms with van der Waals surface area (Å²) in [6.45, 7) is 9.63. The lowest BCUT2D eigenvalue weighted by Gasteiger charge is -2.28. The van der Waals surface area contributed by atoms with E-state index in [0.29, 0.717) is 19.4 Å². The average molecular weight is 414 g/mol. The summed E-state index contributed by atoms with van der Waals surface area (Å²) in [4.78, 5) is 49.2. The fraction of sp³-hybridized carbons (Fsp3) is 0.800. The summed E-state index contributed by atoms with van der Waals surface area (Å²) in [5.74, 6) is -1.55. The summed E-state index contributed by atoms with van der Waals surface area (Å²) in [6, 6.07) is -1.85. The number of piperidine rings is 1. The van der Waals surface area contributed by atoms with E-state index < -0.39 is 35.7 Å². The number of hydrogen-bond acceptors (Lipinski definition) is 6. The molecule has 1 heterocycles. The number of ether oxygens (including phenoxy) is 2. The number of hydrogen-bond donors (Lipinski definition) is 3. The third kappa shape index (κ3) is 9.15. The van der Waals surface area contributed by atoms with Crippen molar-refractivity contribution in [3.8, 4) is 0 Å². The van der Waals surface area contributed by atoms with Crippen molar-refractivity contribution < 1.29 is 28.7 Å². The summed E-state index contributed by atoms with van der Waals surface area (Å²) in [6.07, 6.45) is 1.25. The van der Waals surface area contributed by atoms with E-state index in [1.807, 2.05) is 13.8 Å². The molecule has 0 aliphatic carbocycles. The molecule has 9 nitrogen and oxygen atoms in total. The third-order valence-corrected chi connectivity index (χ3v) is 4.44. The number of carbonyl (C=O) groups is 4. The van der Waals surface area contributed by atoms with E-state index in [1.54, 1.807) is 20.8 Å². The Kier molecular flexibility index (Phi) is 9.39. The number of methoxy groups -OCH3 is 1. The van der Waals surface area contributed by atoms with E-state index in [4.69, 9.17) is 9.47 Å². The highest BCUT2D eigenvalue weighted by Gasteiger charge is 2.33. The minimum atomic E-state index is -0.976. The molecule has 1 aliphatic rings. The molecule has 1 fully saturated rings.